The Morgan fingerprint density at radius 2 is 2.07 bits per heavy atom. The fourth-order valence-electron chi connectivity index (χ4n) is 1.40. The third kappa shape index (κ3) is 2.02. The molecule has 1 saturated heterocycles. The van der Waals surface area contributed by atoms with E-state index in [1.807, 2.05) is 6.92 Å². The highest BCUT2D eigenvalue weighted by atomic mass is 16.7. The Hall–Kier alpha value is -1.14. The van der Waals surface area contributed by atoms with E-state index in [0.29, 0.717) is 31.9 Å². The molecule has 0 aliphatic carbocycles. The van der Waals surface area contributed by atoms with E-state index in [0.717, 1.165) is 0 Å². The molecule has 0 saturated carbocycles. The lowest BCUT2D eigenvalue weighted by Crippen LogP contribution is -2.26. The Morgan fingerprint density at radius 3 is 2.64 bits per heavy atom. The minimum atomic E-state index is -0.511. The van der Waals surface area contributed by atoms with Crippen LogP contribution in [0.5, 0.6) is 0 Å². The van der Waals surface area contributed by atoms with Crippen LogP contribution in [0.4, 0.5) is 6.01 Å². The van der Waals surface area contributed by atoms with E-state index in [-0.39, 0.29) is 6.01 Å². The monoisotopic (exact) mass is 199 g/mol. The van der Waals surface area contributed by atoms with Crippen LogP contribution in [0.1, 0.15) is 19.2 Å². The highest BCUT2D eigenvalue weighted by Crippen LogP contribution is 2.24. The molecule has 0 aromatic carbocycles. The molecule has 78 valence electrons. The van der Waals surface area contributed by atoms with E-state index in [4.69, 9.17) is 19.6 Å². The van der Waals surface area contributed by atoms with Gasteiger partial charge in [0.2, 0.25) is 5.89 Å². The number of hydrogen-bond donors (Lipinski definition) is 1. The number of nitrogens with two attached hydrogens (primary N) is 1. The van der Waals surface area contributed by atoms with Crippen LogP contribution in [0.2, 0.25) is 0 Å². The maximum absolute atomic E-state index is 5.43. The van der Waals surface area contributed by atoms with Crippen LogP contribution in [0.3, 0.4) is 0 Å². The third-order valence-corrected chi connectivity index (χ3v) is 2.17. The number of nitrogen functional groups attached to an aromatic ring is 1. The van der Waals surface area contributed by atoms with Crippen LogP contribution in [-0.4, -0.2) is 29.2 Å². The second-order valence-electron chi connectivity index (χ2n) is 3.36. The van der Waals surface area contributed by atoms with Gasteiger partial charge in [-0.3, -0.25) is 0 Å². The molecule has 0 spiro atoms. The number of hydrogen-bond acceptors (Lipinski definition) is 6. The molecule has 0 unspecified atom stereocenters. The first-order valence-electron chi connectivity index (χ1n) is 4.54. The predicted octanol–water partition coefficient (Wildman–Crippen LogP) is 0.347. The summed E-state index contributed by atoms with van der Waals surface area (Å²) in [6.45, 7) is 3.19. The van der Waals surface area contributed by atoms with Crippen molar-refractivity contribution >= 4 is 6.01 Å². The smallest absolute Gasteiger partial charge is 0.312 e. The minimum absolute atomic E-state index is 0.0958. The zero-order chi connectivity index (χ0) is 10.0. The number of ether oxygens (including phenoxy) is 2. The van der Waals surface area contributed by atoms with Gasteiger partial charge in [-0.05, 0) is 6.92 Å². The second-order valence-corrected chi connectivity index (χ2v) is 3.36. The van der Waals surface area contributed by atoms with Gasteiger partial charge in [0.05, 0.1) is 13.2 Å². The molecule has 0 atom stereocenters. The number of aryl methyl sites for hydroxylation is 1. The largest absolute Gasteiger partial charge is 0.408 e. The maximum Gasteiger partial charge on any atom is 0.312 e. The Balaban J connectivity index is 1.87. The number of anilines is 1. The lowest BCUT2D eigenvalue weighted by atomic mass is 10.2. The topological polar surface area (TPSA) is 83.4 Å². The summed E-state index contributed by atoms with van der Waals surface area (Å²) < 4.78 is 15.9. The Morgan fingerprint density at radius 1 is 1.36 bits per heavy atom. The van der Waals surface area contributed by atoms with Crippen molar-refractivity contribution in [3.63, 3.8) is 0 Å². The van der Waals surface area contributed by atoms with E-state index < -0.39 is 5.79 Å². The Bertz CT molecular complexity index is 307. The fourth-order valence-corrected chi connectivity index (χ4v) is 1.40. The summed E-state index contributed by atoms with van der Waals surface area (Å²) in [7, 11) is 0. The normalized spacial score (nSPS) is 20.1. The Labute approximate surface area is 81.4 Å². The molecule has 0 amide bonds. The average molecular weight is 199 g/mol. The summed E-state index contributed by atoms with van der Waals surface area (Å²) in [5.41, 5.74) is 5.29. The molecule has 6 nitrogen and oxygen atoms in total. The summed E-state index contributed by atoms with van der Waals surface area (Å²) in [5, 5.41) is 7.32. The van der Waals surface area contributed by atoms with Gasteiger partial charge >= 0.3 is 6.01 Å². The van der Waals surface area contributed by atoms with Gasteiger partial charge in [0.25, 0.3) is 0 Å². The lowest BCUT2D eigenvalue weighted by molar-refractivity contribution is -0.146. The molecule has 14 heavy (non-hydrogen) atoms. The molecule has 1 aliphatic heterocycles. The second kappa shape index (κ2) is 3.55. The van der Waals surface area contributed by atoms with Crippen LogP contribution in [0, 0.1) is 0 Å². The molecule has 1 aromatic rings. The van der Waals surface area contributed by atoms with Crippen molar-refractivity contribution < 1.29 is 13.9 Å². The summed E-state index contributed by atoms with van der Waals surface area (Å²) >= 11 is 0. The lowest BCUT2D eigenvalue weighted by Gasteiger charge is -2.20. The molecule has 2 rings (SSSR count). The first-order chi connectivity index (χ1) is 6.68. The minimum Gasteiger partial charge on any atom is -0.408 e. The molecule has 0 bridgehead atoms. The van der Waals surface area contributed by atoms with Crippen molar-refractivity contribution in [2.75, 3.05) is 18.9 Å². The van der Waals surface area contributed by atoms with Gasteiger partial charge < -0.3 is 19.6 Å². The van der Waals surface area contributed by atoms with Crippen LogP contribution >= 0.6 is 0 Å². The van der Waals surface area contributed by atoms with Crippen molar-refractivity contribution in [3.8, 4) is 0 Å². The quantitative estimate of drug-likeness (QED) is 0.756. The molecule has 2 N–H and O–H groups in total. The van der Waals surface area contributed by atoms with Crippen LogP contribution in [0.15, 0.2) is 4.42 Å². The van der Waals surface area contributed by atoms with Crippen molar-refractivity contribution in [1.82, 2.24) is 10.2 Å². The first-order valence-corrected chi connectivity index (χ1v) is 4.54. The average Bonchev–Trinajstić information content (AvgIpc) is 2.73. The van der Waals surface area contributed by atoms with E-state index in [9.17, 15) is 0 Å². The molecule has 2 heterocycles. The standard InChI is InChI=1S/C8H13N3O3/c1-8(12-4-5-13-8)3-2-6-10-11-7(9)14-6/h2-5H2,1H3,(H2,9,11). The van der Waals surface area contributed by atoms with Crippen LogP contribution < -0.4 is 5.73 Å². The molecular formula is C8H13N3O3. The summed E-state index contributed by atoms with van der Waals surface area (Å²) in [6, 6.07) is 0.0958. The fraction of sp³-hybridized carbons (Fsp3) is 0.750. The maximum atomic E-state index is 5.43. The zero-order valence-corrected chi connectivity index (χ0v) is 8.02. The molecular weight excluding hydrogens is 186 g/mol. The summed E-state index contributed by atoms with van der Waals surface area (Å²) in [4.78, 5) is 0. The third-order valence-electron chi connectivity index (χ3n) is 2.17. The SMILES string of the molecule is CC1(CCc2nnc(N)o2)OCCO1. The molecule has 1 fully saturated rings. The number of nitrogens with zero attached hydrogens (tertiary/aromatic N) is 2. The van der Waals surface area contributed by atoms with Crippen molar-refractivity contribution in [2.24, 2.45) is 0 Å². The van der Waals surface area contributed by atoms with Gasteiger partial charge in [0.15, 0.2) is 5.79 Å². The van der Waals surface area contributed by atoms with E-state index in [1.165, 1.54) is 0 Å². The summed E-state index contributed by atoms with van der Waals surface area (Å²) in [5.74, 6) is 0.00582. The van der Waals surface area contributed by atoms with Gasteiger partial charge in [-0.2, -0.15) is 0 Å². The van der Waals surface area contributed by atoms with E-state index >= 15 is 0 Å². The number of rotatable bonds is 3. The van der Waals surface area contributed by atoms with Gasteiger partial charge in [-0.15, -0.1) is 5.10 Å². The van der Waals surface area contributed by atoms with E-state index in [2.05, 4.69) is 10.2 Å². The van der Waals surface area contributed by atoms with Crippen molar-refractivity contribution in [1.29, 1.82) is 0 Å². The highest BCUT2D eigenvalue weighted by Gasteiger charge is 2.30. The van der Waals surface area contributed by atoms with Crippen LogP contribution in [-0.2, 0) is 15.9 Å². The van der Waals surface area contributed by atoms with Gasteiger partial charge in [0, 0.05) is 12.8 Å². The predicted molar refractivity (Wildman–Crippen MR) is 47.3 cm³/mol. The van der Waals surface area contributed by atoms with Crippen LogP contribution in [0.25, 0.3) is 0 Å². The zero-order valence-electron chi connectivity index (χ0n) is 8.02. The number of aromatic nitrogens is 2. The first kappa shape index (κ1) is 9.42. The molecule has 1 aliphatic rings. The molecule has 0 radical (unpaired) electrons. The summed E-state index contributed by atoms with van der Waals surface area (Å²) in [6.07, 6.45) is 1.30. The molecule has 6 heteroatoms. The van der Waals surface area contributed by atoms with Gasteiger partial charge in [0.1, 0.15) is 0 Å². The molecule has 1 aromatic heterocycles. The van der Waals surface area contributed by atoms with Gasteiger partial charge in [-0.1, -0.05) is 5.10 Å². The van der Waals surface area contributed by atoms with Gasteiger partial charge in [-0.25, -0.2) is 0 Å². The van der Waals surface area contributed by atoms with E-state index in [1.54, 1.807) is 0 Å². The van der Waals surface area contributed by atoms with Crippen molar-refractivity contribution in [3.05, 3.63) is 5.89 Å². The highest BCUT2D eigenvalue weighted by molar-refractivity contribution is 5.04. The Kier molecular flexibility index (Phi) is 2.39. The van der Waals surface area contributed by atoms with Crippen molar-refractivity contribution in [2.45, 2.75) is 25.6 Å².